The second-order valence-corrected chi connectivity index (χ2v) is 5.52. The highest BCUT2D eigenvalue weighted by molar-refractivity contribution is 14.0. The van der Waals surface area contributed by atoms with E-state index in [1.807, 2.05) is 23.9 Å². The number of nitrogens with zero attached hydrogens (tertiary/aromatic N) is 4. The molecule has 2 rings (SSSR count). The van der Waals surface area contributed by atoms with Crippen LogP contribution in [0.1, 0.15) is 13.8 Å². The first-order chi connectivity index (χ1) is 10.7. The summed E-state index contributed by atoms with van der Waals surface area (Å²) in [5.74, 6) is 0.901. The van der Waals surface area contributed by atoms with Crippen LogP contribution in [0.5, 0.6) is 0 Å². The van der Waals surface area contributed by atoms with E-state index in [4.69, 9.17) is 4.74 Å². The summed E-state index contributed by atoms with van der Waals surface area (Å²) in [6.45, 7) is 7.78. The van der Waals surface area contributed by atoms with E-state index in [-0.39, 0.29) is 41.8 Å². The Morgan fingerprint density at radius 2 is 2.26 bits per heavy atom. The van der Waals surface area contributed by atoms with Gasteiger partial charge in [0.2, 0.25) is 0 Å². The molecule has 2 atom stereocenters. The molecule has 0 saturated carbocycles. The molecule has 1 aromatic rings. The number of likely N-dealkylation sites (tertiary alicyclic amines) is 1. The molecule has 8 heteroatoms. The van der Waals surface area contributed by atoms with Crippen LogP contribution in [0, 0.1) is 11.8 Å². The van der Waals surface area contributed by atoms with Gasteiger partial charge in [0.05, 0.1) is 26.1 Å². The third-order valence-corrected chi connectivity index (χ3v) is 3.90. The first-order valence-electron chi connectivity index (χ1n) is 7.74. The number of rotatable bonds is 5. The maximum Gasteiger partial charge on any atom is 0.310 e. The zero-order chi connectivity index (χ0) is 15.9. The molecule has 0 spiro atoms. The minimum Gasteiger partial charge on any atom is -0.469 e. The maximum absolute atomic E-state index is 11.8. The van der Waals surface area contributed by atoms with Crippen LogP contribution in [0.4, 0.5) is 0 Å². The molecule has 2 unspecified atom stereocenters. The lowest BCUT2D eigenvalue weighted by Gasteiger charge is -2.21. The summed E-state index contributed by atoms with van der Waals surface area (Å²) in [5.41, 5.74) is 0. The van der Waals surface area contributed by atoms with Crippen molar-refractivity contribution in [3.8, 4) is 0 Å². The minimum absolute atomic E-state index is 0. The molecule has 1 fully saturated rings. The van der Waals surface area contributed by atoms with Gasteiger partial charge in [0, 0.05) is 32.0 Å². The fraction of sp³-hybridized carbons (Fsp3) is 0.667. The standard InChI is InChI=1S/C15H25N5O2.HI/c1-4-16-15(17-7-9-20-8-5-6-18-20)19-10-12(2)13(11-19)14(21)22-3;/h5-6,8,12-13H,4,7,9-11H2,1-3H3,(H,16,17);1H. The summed E-state index contributed by atoms with van der Waals surface area (Å²) in [6.07, 6.45) is 3.69. The van der Waals surface area contributed by atoms with E-state index in [0.29, 0.717) is 13.1 Å². The van der Waals surface area contributed by atoms with Crippen molar-refractivity contribution in [1.29, 1.82) is 0 Å². The highest BCUT2D eigenvalue weighted by atomic mass is 127. The Morgan fingerprint density at radius 1 is 1.48 bits per heavy atom. The molecule has 130 valence electrons. The molecule has 1 aromatic heterocycles. The van der Waals surface area contributed by atoms with Crippen molar-refractivity contribution in [3.63, 3.8) is 0 Å². The van der Waals surface area contributed by atoms with Crippen LogP contribution in [-0.2, 0) is 16.1 Å². The van der Waals surface area contributed by atoms with Crippen molar-refractivity contribution in [2.24, 2.45) is 16.8 Å². The first kappa shape index (κ1) is 19.7. The zero-order valence-electron chi connectivity index (χ0n) is 13.9. The topological polar surface area (TPSA) is 71.8 Å². The van der Waals surface area contributed by atoms with Crippen LogP contribution in [0.3, 0.4) is 0 Å². The van der Waals surface area contributed by atoms with E-state index in [1.54, 1.807) is 6.20 Å². The van der Waals surface area contributed by atoms with E-state index in [0.717, 1.165) is 25.6 Å². The van der Waals surface area contributed by atoms with Crippen LogP contribution < -0.4 is 5.32 Å². The fourth-order valence-corrected chi connectivity index (χ4v) is 2.71. The zero-order valence-corrected chi connectivity index (χ0v) is 16.3. The van der Waals surface area contributed by atoms with Crippen molar-refractivity contribution in [2.45, 2.75) is 20.4 Å². The van der Waals surface area contributed by atoms with E-state index in [9.17, 15) is 4.79 Å². The lowest BCUT2D eigenvalue weighted by Crippen LogP contribution is -2.40. The van der Waals surface area contributed by atoms with Gasteiger partial charge < -0.3 is 15.0 Å². The minimum atomic E-state index is -0.137. The normalized spacial score (nSPS) is 21.0. The second-order valence-electron chi connectivity index (χ2n) is 5.52. The SMILES string of the molecule is CCNC(=NCCn1cccn1)N1CC(C)C(C(=O)OC)C1.I. The fourth-order valence-electron chi connectivity index (χ4n) is 2.71. The number of esters is 1. The number of methoxy groups -OCH3 is 1. The average molecular weight is 435 g/mol. The third-order valence-electron chi connectivity index (χ3n) is 3.90. The van der Waals surface area contributed by atoms with E-state index in [2.05, 4.69) is 27.2 Å². The van der Waals surface area contributed by atoms with E-state index < -0.39 is 0 Å². The number of nitrogens with one attached hydrogen (secondary N) is 1. The van der Waals surface area contributed by atoms with Gasteiger partial charge in [0.25, 0.3) is 0 Å². The summed E-state index contributed by atoms with van der Waals surface area (Å²) in [4.78, 5) is 18.6. The molecular weight excluding hydrogens is 409 g/mol. The molecule has 0 bridgehead atoms. The van der Waals surface area contributed by atoms with Crippen molar-refractivity contribution in [1.82, 2.24) is 20.0 Å². The van der Waals surface area contributed by atoms with E-state index in [1.165, 1.54) is 7.11 Å². The molecule has 0 aliphatic carbocycles. The average Bonchev–Trinajstić information content (AvgIpc) is 3.15. The van der Waals surface area contributed by atoms with E-state index >= 15 is 0 Å². The monoisotopic (exact) mass is 435 g/mol. The summed E-state index contributed by atoms with van der Waals surface area (Å²) in [7, 11) is 1.45. The molecule has 1 aliphatic heterocycles. The van der Waals surface area contributed by atoms with Gasteiger partial charge in [-0.1, -0.05) is 6.92 Å². The quantitative estimate of drug-likeness (QED) is 0.326. The molecular formula is C15H26IN5O2. The lowest BCUT2D eigenvalue weighted by molar-refractivity contribution is -0.145. The smallest absolute Gasteiger partial charge is 0.310 e. The predicted octanol–water partition coefficient (Wildman–Crippen LogP) is 1.21. The Kier molecular flexibility index (Phi) is 8.35. The number of carbonyl (C=O) groups is 1. The molecule has 7 nitrogen and oxygen atoms in total. The predicted molar refractivity (Wildman–Crippen MR) is 99.9 cm³/mol. The van der Waals surface area contributed by atoms with Crippen LogP contribution in [0.15, 0.2) is 23.5 Å². The van der Waals surface area contributed by atoms with Crippen LogP contribution in [-0.4, -0.2) is 59.9 Å². The highest BCUT2D eigenvalue weighted by Gasteiger charge is 2.36. The Bertz CT molecular complexity index is 506. The highest BCUT2D eigenvalue weighted by Crippen LogP contribution is 2.24. The Hall–Kier alpha value is -1.32. The van der Waals surface area contributed by atoms with Gasteiger partial charge in [-0.2, -0.15) is 5.10 Å². The summed E-state index contributed by atoms with van der Waals surface area (Å²) in [5, 5.41) is 7.46. The number of hydrogen-bond acceptors (Lipinski definition) is 4. The van der Waals surface area contributed by atoms with Crippen molar-refractivity contribution in [3.05, 3.63) is 18.5 Å². The molecule has 0 amide bonds. The molecule has 1 N–H and O–H groups in total. The number of guanidine groups is 1. The summed E-state index contributed by atoms with van der Waals surface area (Å²) < 4.78 is 6.74. The lowest BCUT2D eigenvalue weighted by atomic mass is 9.99. The molecule has 1 saturated heterocycles. The molecule has 2 heterocycles. The Balaban J connectivity index is 0.00000264. The van der Waals surface area contributed by atoms with Crippen molar-refractivity contribution < 1.29 is 9.53 Å². The molecule has 1 aliphatic rings. The van der Waals surface area contributed by atoms with Crippen LogP contribution >= 0.6 is 24.0 Å². The third kappa shape index (κ3) is 5.36. The number of hydrogen-bond donors (Lipinski definition) is 1. The second kappa shape index (κ2) is 9.74. The number of carbonyl (C=O) groups excluding carboxylic acids is 1. The maximum atomic E-state index is 11.8. The van der Waals surface area contributed by atoms with Gasteiger partial charge in [-0.25, -0.2) is 0 Å². The number of aliphatic imine (C=N–C) groups is 1. The number of halogens is 1. The Labute approximate surface area is 154 Å². The van der Waals surface area contributed by atoms with Gasteiger partial charge in [-0.05, 0) is 18.9 Å². The van der Waals surface area contributed by atoms with Gasteiger partial charge in [0.15, 0.2) is 5.96 Å². The summed E-state index contributed by atoms with van der Waals surface area (Å²) >= 11 is 0. The van der Waals surface area contributed by atoms with Crippen LogP contribution in [0.25, 0.3) is 0 Å². The van der Waals surface area contributed by atoms with Crippen molar-refractivity contribution in [2.75, 3.05) is 33.3 Å². The number of ether oxygens (including phenoxy) is 1. The Morgan fingerprint density at radius 3 is 2.87 bits per heavy atom. The summed E-state index contributed by atoms with van der Waals surface area (Å²) in [6, 6.07) is 1.90. The molecule has 0 radical (unpaired) electrons. The van der Waals surface area contributed by atoms with Gasteiger partial charge in [0.1, 0.15) is 0 Å². The molecule has 0 aromatic carbocycles. The number of aromatic nitrogens is 2. The van der Waals surface area contributed by atoms with Gasteiger partial charge >= 0.3 is 5.97 Å². The van der Waals surface area contributed by atoms with Crippen LogP contribution in [0.2, 0.25) is 0 Å². The first-order valence-corrected chi connectivity index (χ1v) is 7.74. The van der Waals surface area contributed by atoms with Crippen molar-refractivity contribution >= 4 is 35.9 Å². The molecule has 23 heavy (non-hydrogen) atoms. The van der Waals surface area contributed by atoms with Gasteiger partial charge in [-0.3, -0.25) is 14.5 Å². The largest absolute Gasteiger partial charge is 0.469 e. The van der Waals surface area contributed by atoms with Gasteiger partial charge in [-0.15, -0.1) is 24.0 Å².